The van der Waals surface area contributed by atoms with Gasteiger partial charge < -0.3 is 4.74 Å². The third-order valence-electron chi connectivity index (χ3n) is 5.47. The Morgan fingerprint density at radius 1 is 1.11 bits per heavy atom. The fraction of sp³-hybridized carbons (Fsp3) is 0.500. The summed E-state index contributed by atoms with van der Waals surface area (Å²) in [6.07, 6.45) is 2.66. The van der Waals surface area contributed by atoms with E-state index in [1.54, 1.807) is 18.2 Å². The van der Waals surface area contributed by atoms with Crippen molar-refractivity contribution in [3.8, 4) is 5.75 Å². The van der Waals surface area contributed by atoms with Crippen LogP contribution in [0.1, 0.15) is 53.3 Å². The molecule has 4 rings (SSSR count). The largest absolute Gasteiger partial charge is 0.488 e. The smallest absolute Gasteiger partial charge is 0.262 e. The topological polar surface area (TPSA) is 96.0 Å². The number of ether oxygens (including phenoxy) is 1. The van der Waals surface area contributed by atoms with Crippen molar-refractivity contribution in [3.05, 3.63) is 29.3 Å². The molecule has 1 aromatic carbocycles. The molecule has 1 atom stereocenters. The minimum atomic E-state index is -0.951. The number of nitrogens with one attached hydrogen (secondary N) is 1. The molecule has 2 fully saturated rings. The summed E-state index contributed by atoms with van der Waals surface area (Å²) in [5.41, 5.74) is 0.509. The summed E-state index contributed by atoms with van der Waals surface area (Å²) in [5.74, 6) is -1.47. The number of imide groups is 2. The molecule has 2 saturated heterocycles. The number of carbonyl (C=O) groups is 4. The van der Waals surface area contributed by atoms with Crippen molar-refractivity contribution in [2.45, 2.75) is 44.8 Å². The van der Waals surface area contributed by atoms with Crippen molar-refractivity contribution in [1.82, 2.24) is 15.1 Å². The lowest BCUT2D eigenvalue weighted by molar-refractivity contribution is -0.136. The molecular weight excluding hydrogens is 362 g/mol. The first-order chi connectivity index (χ1) is 13.5. The van der Waals surface area contributed by atoms with E-state index in [4.69, 9.17) is 4.74 Å². The van der Waals surface area contributed by atoms with E-state index in [9.17, 15) is 19.2 Å². The van der Waals surface area contributed by atoms with E-state index in [1.165, 1.54) is 6.42 Å². The van der Waals surface area contributed by atoms with Gasteiger partial charge in [0.05, 0.1) is 11.1 Å². The van der Waals surface area contributed by atoms with Crippen molar-refractivity contribution in [2.24, 2.45) is 0 Å². The minimum absolute atomic E-state index is 0.0772. The van der Waals surface area contributed by atoms with E-state index in [2.05, 4.69) is 17.1 Å². The zero-order valence-corrected chi connectivity index (χ0v) is 15.8. The van der Waals surface area contributed by atoms with Crippen LogP contribution in [-0.2, 0) is 9.59 Å². The first-order valence-corrected chi connectivity index (χ1v) is 9.72. The lowest BCUT2D eigenvalue weighted by atomic mass is 10.0. The van der Waals surface area contributed by atoms with Crippen molar-refractivity contribution < 1.29 is 23.9 Å². The first kappa shape index (κ1) is 18.6. The number of nitrogens with zero attached hydrogens (tertiary/aromatic N) is 2. The number of benzene rings is 1. The Morgan fingerprint density at radius 2 is 1.86 bits per heavy atom. The van der Waals surface area contributed by atoms with Gasteiger partial charge in [0.25, 0.3) is 11.8 Å². The quantitative estimate of drug-likeness (QED) is 0.733. The Labute approximate surface area is 162 Å². The lowest BCUT2D eigenvalue weighted by Crippen LogP contribution is -2.54. The van der Waals surface area contributed by atoms with Crippen LogP contribution in [0.15, 0.2) is 18.2 Å². The highest BCUT2D eigenvalue weighted by molar-refractivity contribution is 6.23. The van der Waals surface area contributed by atoms with Gasteiger partial charge in [0.15, 0.2) is 0 Å². The molecule has 3 aliphatic heterocycles. The van der Waals surface area contributed by atoms with Gasteiger partial charge in [-0.1, -0.05) is 13.3 Å². The summed E-state index contributed by atoms with van der Waals surface area (Å²) >= 11 is 0. The van der Waals surface area contributed by atoms with Gasteiger partial charge in [-0.15, -0.1) is 0 Å². The summed E-state index contributed by atoms with van der Waals surface area (Å²) in [7, 11) is 0. The van der Waals surface area contributed by atoms with Crippen LogP contribution in [0.4, 0.5) is 0 Å². The van der Waals surface area contributed by atoms with E-state index in [1.807, 2.05) is 0 Å². The predicted octanol–water partition coefficient (Wildman–Crippen LogP) is 0.951. The second-order valence-electron chi connectivity index (χ2n) is 7.51. The molecule has 0 aliphatic carbocycles. The molecule has 0 aromatic heterocycles. The Bertz CT molecular complexity index is 846. The van der Waals surface area contributed by atoms with Crippen LogP contribution in [-0.4, -0.2) is 65.2 Å². The summed E-state index contributed by atoms with van der Waals surface area (Å²) in [6.45, 7) is 4.93. The highest BCUT2D eigenvalue weighted by Gasteiger charge is 2.44. The molecule has 0 radical (unpaired) electrons. The Hall–Kier alpha value is -2.74. The van der Waals surface area contributed by atoms with Crippen molar-refractivity contribution in [1.29, 1.82) is 0 Å². The van der Waals surface area contributed by atoms with Gasteiger partial charge >= 0.3 is 0 Å². The lowest BCUT2D eigenvalue weighted by Gasteiger charge is -2.39. The number of fused-ring (bicyclic) bond motifs is 1. The third-order valence-corrected chi connectivity index (χ3v) is 5.47. The van der Waals surface area contributed by atoms with Crippen LogP contribution in [0.25, 0.3) is 0 Å². The molecule has 28 heavy (non-hydrogen) atoms. The summed E-state index contributed by atoms with van der Waals surface area (Å²) < 4.78 is 5.94. The van der Waals surface area contributed by atoms with Crippen molar-refractivity contribution in [2.75, 3.05) is 19.6 Å². The molecule has 8 heteroatoms. The fourth-order valence-electron chi connectivity index (χ4n) is 3.88. The molecule has 1 unspecified atom stereocenters. The molecule has 0 saturated carbocycles. The molecule has 148 valence electrons. The standard InChI is InChI=1S/C20H23N3O5/c1-2-3-8-22-10-13(11-22)28-12-4-5-14-15(9-12)20(27)23(19(14)26)16-6-7-17(24)21-18(16)25/h4-5,9,13,16H,2-3,6-8,10-11H2,1H3,(H,21,24,25). The number of hydrogen-bond acceptors (Lipinski definition) is 6. The van der Waals surface area contributed by atoms with Gasteiger partial charge in [-0.25, -0.2) is 0 Å². The van der Waals surface area contributed by atoms with E-state index in [0.717, 1.165) is 31.0 Å². The maximum absolute atomic E-state index is 12.8. The van der Waals surface area contributed by atoms with Gasteiger partial charge in [-0.3, -0.25) is 34.3 Å². The molecule has 3 heterocycles. The number of hydrogen-bond donors (Lipinski definition) is 1. The maximum atomic E-state index is 12.8. The molecule has 3 aliphatic rings. The summed E-state index contributed by atoms with van der Waals surface area (Å²) in [4.78, 5) is 52.2. The van der Waals surface area contributed by atoms with Gasteiger partial charge in [-0.2, -0.15) is 0 Å². The van der Waals surface area contributed by atoms with Crippen LogP contribution in [0, 0.1) is 0 Å². The monoisotopic (exact) mass is 385 g/mol. The van der Waals surface area contributed by atoms with Gasteiger partial charge in [0.2, 0.25) is 11.8 Å². The number of rotatable bonds is 6. The van der Waals surface area contributed by atoms with Gasteiger partial charge in [0, 0.05) is 19.5 Å². The predicted molar refractivity (Wildman–Crippen MR) is 98.9 cm³/mol. The van der Waals surface area contributed by atoms with Gasteiger partial charge in [-0.05, 0) is 37.6 Å². The number of piperidine rings is 1. The zero-order chi connectivity index (χ0) is 19.8. The maximum Gasteiger partial charge on any atom is 0.262 e. The second kappa shape index (κ2) is 7.35. The van der Waals surface area contributed by atoms with E-state index in [0.29, 0.717) is 5.75 Å². The molecule has 8 nitrogen and oxygen atoms in total. The van der Waals surface area contributed by atoms with E-state index in [-0.39, 0.29) is 36.0 Å². The van der Waals surface area contributed by atoms with Crippen LogP contribution in [0.3, 0.4) is 0 Å². The molecule has 4 amide bonds. The van der Waals surface area contributed by atoms with Crippen LogP contribution in [0.5, 0.6) is 5.75 Å². The van der Waals surface area contributed by atoms with Crippen molar-refractivity contribution >= 4 is 23.6 Å². The minimum Gasteiger partial charge on any atom is -0.488 e. The van der Waals surface area contributed by atoms with E-state index >= 15 is 0 Å². The number of amides is 4. The first-order valence-electron chi connectivity index (χ1n) is 9.72. The highest BCUT2D eigenvalue weighted by atomic mass is 16.5. The number of unbranched alkanes of at least 4 members (excludes halogenated alkanes) is 1. The second-order valence-corrected chi connectivity index (χ2v) is 7.51. The Kier molecular flexibility index (Phi) is 4.89. The van der Waals surface area contributed by atoms with Crippen LogP contribution < -0.4 is 10.1 Å². The van der Waals surface area contributed by atoms with Crippen molar-refractivity contribution in [3.63, 3.8) is 0 Å². The highest BCUT2D eigenvalue weighted by Crippen LogP contribution is 2.31. The summed E-state index contributed by atoms with van der Waals surface area (Å²) in [5, 5.41) is 2.19. The molecule has 0 spiro atoms. The average Bonchev–Trinajstić information content (AvgIpc) is 2.88. The Morgan fingerprint density at radius 3 is 2.57 bits per heavy atom. The fourth-order valence-corrected chi connectivity index (χ4v) is 3.88. The molecule has 0 bridgehead atoms. The van der Waals surface area contributed by atoms with E-state index < -0.39 is 23.8 Å². The zero-order valence-electron chi connectivity index (χ0n) is 15.8. The number of carbonyl (C=O) groups excluding carboxylic acids is 4. The molecule has 1 N–H and O–H groups in total. The third kappa shape index (κ3) is 3.28. The van der Waals surface area contributed by atoms with Gasteiger partial charge in [0.1, 0.15) is 17.9 Å². The molecule has 1 aromatic rings. The molecular formula is C20H23N3O5. The average molecular weight is 385 g/mol. The van der Waals surface area contributed by atoms with Crippen LogP contribution >= 0.6 is 0 Å². The Balaban J connectivity index is 1.44. The number of likely N-dealkylation sites (tertiary alicyclic amines) is 1. The SMILES string of the molecule is CCCCN1CC(Oc2ccc3c(c2)C(=O)N(C2CCC(=O)NC2=O)C3=O)C1. The summed E-state index contributed by atoms with van der Waals surface area (Å²) in [6, 6.07) is 3.89. The van der Waals surface area contributed by atoms with Crippen LogP contribution in [0.2, 0.25) is 0 Å². The normalized spacial score (nSPS) is 22.9.